The maximum atomic E-state index is 14.0. The van der Waals surface area contributed by atoms with E-state index in [4.69, 9.17) is 4.74 Å². The van der Waals surface area contributed by atoms with E-state index < -0.39 is 11.7 Å². The summed E-state index contributed by atoms with van der Waals surface area (Å²) in [5, 5.41) is 13.9. The van der Waals surface area contributed by atoms with Gasteiger partial charge in [-0.1, -0.05) is 6.07 Å². The van der Waals surface area contributed by atoms with Crippen LogP contribution in [0.5, 0.6) is 0 Å². The van der Waals surface area contributed by atoms with Crippen molar-refractivity contribution in [2.75, 3.05) is 43.5 Å². The molecule has 0 bridgehead atoms. The zero-order chi connectivity index (χ0) is 24.9. The molecular formula is C26H30F3N5O2. The van der Waals surface area contributed by atoms with Crippen molar-refractivity contribution in [3.05, 3.63) is 35.4 Å². The molecule has 0 radical (unpaired) electrons. The number of carbonyl (C=O) groups excluding carboxylic acids is 1. The number of likely N-dealkylation sites (tertiary alicyclic amines) is 1. The average Bonchev–Trinajstić information content (AvgIpc) is 3.50. The van der Waals surface area contributed by atoms with E-state index in [1.54, 1.807) is 18.2 Å². The molecule has 0 unspecified atom stereocenters. The standard InChI is InChI=1S/C26H30F3N5O2/c27-26(28,29)21-11-23(16-1-2-22-17(7-16)10-24(35)31-22)32-33-25(21)30-20-8-18-13-34(14-19(18)9-20)12-15-3-5-36-6-4-15/h1-2,7,11,15,18-20H,3-6,8-10,12-14H2,(H,30,33)(H,31,35)/t18-,19+,20+. The Morgan fingerprint density at radius 2 is 1.83 bits per heavy atom. The summed E-state index contributed by atoms with van der Waals surface area (Å²) in [4.78, 5) is 14.2. The summed E-state index contributed by atoms with van der Waals surface area (Å²) in [5.41, 5.74) is 1.28. The first kappa shape index (κ1) is 23.7. The molecule has 3 aliphatic heterocycles. The number of nitrogens with zero attached hydrogens (tertiary/aromatic N) is 3. The van der Waals surface area contributed by atoms with Gasteiger partial charge in [0.25, 0.3) is 0 Å². The van der Waals surface area contributed by atoms with Crippen LogP contribution < -0.4 is 10.6 Å². The Balaban J connectivity index is 1.13. The molecule has 3 fully saturated rings. The molecule has 1 amide bonds. The molecule has 1 aromatic heterocycles. The third-order valence-corrected chi connectivity index (χ3v) is 8.15. The lowest BCUT2D eigenvalue weighted by Gasteiger charge is -2.28. The van der Waals surface area contributed by atoms with Crippen molar-refractivity contribution in [1.29, 1.82) is 0 Å². The van der Waals surface area contributed by atoms with Gasteiger partial charge in [-0.05, 0) is 67.2 Å². The molecule has 3 atom stereocenters. The lowest BCUT2D eigenvalue weighted by atomic mass is 10.00. The molecule has 2 aromatic rings. The molecular weight excluding hydrogens is 471 g/mol. The van der Waals surface area contributed by atoms with Crippen molar-refractivity contribution < 1.29 is 22.7 Å². The van der Waals surface area contributed by atoms with Crippen LogP contribution in [0.1, 0.15) is 36.8 Å². The van der Waals surface area contributed by atoms with Crippen molar-refractivity contribution in [3.63, 3.8) is 0 Å². The van der Waals surface area contributed by atoms with Crippen molar-refractivity contribution >= 4 is 17.4 Å². The molecule has 7 nitrogen and oxygen atoms in total. The van der Waals surface area contributed by atoms with Gasteiger partial charge in [0.15, 0.2) is 5.82 Å². The Morgan fingerprint density at radius 1 is 1.08 bits per heavy atom. The van der Waals surface area contributed by atoms with Crippen molar-refractivity contribution in [2.45, 2.75) is 44.3 Å². The summed E-state index contributed by atoms with van der Waals surface area (Å²) in [5.74, 6) is 1.38. The number of ether oxygens (including phenoxy) is 1. The van der Waals surface area contributed by atoms with Crippen molar-refractivity contribution in [1.82, 2.24) is 15.1 Å². The zero-order valence-electron chi connectivity index (χ0n) is 20.0. The van der Waals surface area contributed by atoms with Crippen molar-refractivity contribution in [2.24, 2.45) is 17.8 Å². The number of halogens is 3. The molecule has 0 spiro atoms. The first-order chi connectivity index (χ1) is 17.3. The van der Waals surface area contributed by atoms with Crippen molar-refractivity contribution in [3.8, 4) is 11.3 Å². The van der Waals surface area contributed by atoms with Crippen LogP contribution in [-0.4, -0.2) is 59.9 Å². The quantitative estimate of drug-likeness (QED) is 0.639. The SMILES string of the molecule is O=C1Cc2cc(-c3cc(C(F)(F)F)c(N[C@H]4C[C@@H]5CN(CC6CCOCC6)C[C@@H]5C4)nn3)ccc2N1. The third-order valence-electron chi connectivity index (χ3n) is 8.15. The molecule has 10 heteroatoms. The third kappa shape index (κ3) is 4.80. The molecule has 2 N–H and O–H groups in total. The Hall–Kier alpha value is -2.72. The monoisotopic (exact) mass is 501 g/mol. The Bertz CT molecular complexity index is 1140. The number of hydrogen-bond donors (Lipinski definition) is 2. The lowest BCUT2D eigenvalue weighted by Crippen LogP contribution is -2.32. The van der Waals surface area contributed by atoms with Gasteiger partial charge in [0.2, 0.25) is 5.91 Å². The van der Waals surface area contributed by atoms with Crippen LogP contribution in [0.4, 0.5) is 24.7 Å². The summed E-state index contributed by atoms with van der Waals surface area (Å²) < 4.78 is 47.5. The number of nitrogens with one attached hydrogen (secondary N) is 2. The number of aromatic nitrogens is 2. The number of benzene rings is 1. The van der Waals surface area contributed by atoms with E-state index in [9.17, 15) is 18.0 Å². The lowest BCUT2D eigenvalue weighted by molar-refractivity contribution is -0.137. The fourth-order valence-corrected chi connectivity index (χ4v) is 6.40. The fraction of sp³-hybridized carbons (Fsp3) is 0.577. The van der Waals surface area contributed by atoms with E-state index in [2.05, 4.69) is 25.7 Å². The van der Waals surface area contributed by atoms with Crippen LogP contribution in [0.25, 0.3) is 11.3 Å². The van der Waals surface area contributed by atoms with E-state index in [0.717, 1.165) is 70.2 Å². The van der Waals surface area contributed by atoms with E-state index in [1.807, 2.05) is 0 Å². The minimum absolute atomic E-state index is 0.0384. The van der Waals surface area contributed by atoms with Gasteiger partial charge in [0.1, 0.15) is 5.56 Å². The Labute approximate surface area is 207 Å². The van der Waals surface area contributed by atoms with Crippen LogP contribution >= 0.6 is 0 Å². The van der Waals surface area contributed by atoms with Gasteiger partial charge in [-0.3, -0.25) is 4.79 Å². The molecule has 4 heterocycles. The molecule has 6 rings (SSSR count). The summed E-state index contributed by atoms with van der Waals surface area (Å²) in [7, 11) is 0. The summed E-state index contributed by atoms with van der Waals surface area (Å²) >= 11 is 0. The molecule has 36 heavy (non-hydrogen) atoms. The molecule has 2 saturated heterocycles. The smallest absolute Gasteiger partial charge is 0.381 e. The van der Waals surface area contributed by atoms with Gasteiger partial charge >= 0.3 is 6.18 Å². The summed E-state index contributed by atoms with van der Waals surface area (Å²) in [6.45, 7) is 4.84. The summed E-state index contributed by atoms with van der Waals surface area (Å²) in [6.07, 6.45) is -0.422. The van der Waals surface area contributed by atoms with E-state index in [-0.39, 0.29) is 29.9 Å². The number of amides is 1. The fourth-order valence-electron chi connectivity index (χ4n) is 6.40. The predicted molar refractivity (Wildman–Crippen MR) is 128 cm³/mol. The first-order valence-corrected chi connectivity index (χ1v) is 12.8. The first-order valence-electron chi connectivity index (χ1n) is 12.8. The molecule has 192 valence electrons. The maximum Gasteiger partial charge on any atom is 0.420 e. The molecule has 4 aliphatic rings. The van der Waals surface area contributed by atoms with Gasteiger partial charge in [-0.25, -0.2) is 0 Å². The second-order valence-corrected chi connectivity index (χ2v) is 10.7. The van der Waals surface area contributed by atoms with Crippen LogP contribution in [0.15, 0.2) is 24.3 Å². The highest BCUT2D eigenvalue weighted by molar-refractivity contribution is 5.99. The van der Waals surface area contributed by atoms with Crippen LogP contribution in [0, 0.1) is 17.8 Å². The van der Waals surface area contributed by atoms with Gasteiger partial charge < -0.3 is 20.3 Å². The van der Waals surface area contributed by atoms with Gasteiger partial charge in [0, 0.05) is 50.1 Å². The Morgan fingerprint density at radius 3 is 2.56 bits per heavy atom. The zero-order valence-corrected chi connectivity index (χ0v) is 20.0. The second kappa shape index (κ2) is 9.30. The average molecular weight is 502 g/mol. The molecule has 1 saturated carbocycles. The van der Waals surface area contributed by atoms with Gasteiger partial charge in [0.05, 0.1) is 12.1 Å². The molecule has 1 aromatic carbocycles. The normalized spacial score (nSPS) is 26.6. The van der Waals surface area contributed by atoms with E-state index in [1.165, 1.54) is 0 Å². The van der Waals surface area contributed by atoms with E-state index in [0.29, 0.717) is 29.0 Å². The topological polar surface area (TPSA) is 79.4 Å². The highest BCUT2D eigenvalue weighted by Crippen LogP contribution is 2.42. The number of fused-ring (bicyclic) bond motifs is 2. The van der Waals surface area contributed by atoms with E-state index >= 15 is 0 Å². The number of carbonyl (C=O) groups is 1. The number of anilines is 2. The largest absolute Gasteiger partial charge is 0.420 e. The number of rotatable bonds is 5. The second-order valence-electron chi connectivity index (χ2n) is 10.7. The summed E-state index contributed by atoms with van der Waals surface area (Å²) in [6, 6.07) is 6.08. The highest BCUT2D eigenvalue weighted by Gasteiger charge is 2.43. The Kier molecular flexibility index (Phi) is 6.11. The van der Waals surface area contributed by atoms with Crippen LogP contribution in [0.3, 0.4) is 0 Å². The van der Waals surface area contributed by atoms with Crippen LogP contribution in [-0.2, 0) is 22.1 Å². The number of alkyl halides is 3. The highest BCUT2D eigenvalue weighted by atomic mass is 19.4. The number of hydrogen-bond acceptors (Lipinski definition) is 6. The maximum absolute atomic E-state index is 14.0. The molecule has 1 aliphatic carbocycles. The minimum atomic E-state index is -4.56. The predicted octanol–water partition coefficient (Wildman–Crippen LogP) is 4.21. The minimum Gasteiger partial charge on any atom is -0.381 e. The van der Waals surface area contributed by atoms with Crippen LogP contribution in [0.2, 0.25) is 0 Å². The van der Waals surface area contributed by atoms with Gasteiger partial charge in [-0.15, -0.1) is 10.2 Å². The van der Waals surface area contributed by atoms with Gasteiger partial charge in [-0.2, -0.15) is 13.2 Å².